The highest BCUT2D eigenvalue weighted by molar-refractivity contribution is 6.31. The number of anilines is 1. The van der Waals surface area contributed by atoms with Gasteiger partial charge in [-0.3, -0.25) is 20.4 Å². The molecule has 1 aromatic rings. The lowest BCUT2D eigenvalue weighted by Crippen LogP contribution is -2.36. The Hall–Kier alpha value is -1.75. The van der Waals surface area contributed by atoms with Gasteiger partial charge >= 0.3 is 0 Å². The summed E-state index contributed by atoms with van der Waals surface area (Å²) in [4.78, 5) is 25.9. The molecule has 1 aliphatic carbocycles. The molecule has 1 atom stereocenters. The van der Waals surface area contributed by atoms with E-state index in [-0.39, 0.29) is 17.7 Å². The second-order valence-electron chi connectivity index (χ2n) is 6.22. The van der Waals surface area contributed by atoms with Gasteiger partial charge in [-0.15, -0.1) is 0 Å². The van der Waals surface area contributed by atoms with E-state index in [0.29, 0.717) is 23.9 Å². The first-order valence-corrected chi connectivity index (χ1v) is 8.00. The summed E-state index contributed by atoms with van der Waals surface area (Å²) < 4.78 is 0. The minimum Gasteiger partial charge on any atom is -0.342 e. The second kappa shape index (κ2) is 6.16. The standard InChI is InChI=1S/C16H20ClN3O2/c1-10-2-5-13(7-14(10)17)18-19-16(22)12-6-15(21)20(9-12)8-11-3-4-11/h2,5,7,11-12,18H,3-4,6,8-9H2,1H3,(H,19,22)/t12-/m0/s1. The summed E-state index contributed by atoms with van der Waals surface area (Å²) in [6, 6.07) is 5.49. The number of halogens is 1. The maximum absolute atomic E-state index is 12.2. The summed E-state index contributed by atoms with van der Waals surface area (Å²) in [5.41, 5.74) is 7.24. The van der Waals surface area contributed by atoms with E-state index in [1.165, 1.54) is 12.8 Å². The fourth-order valence-corrected chi connectivity index (χ4v) is 2.82. The fraction of sp³-hybridized carbons (Fsp3) is 0.500. The third-order valence-corrected chi connectivity index (χ3v) is 4.67. The van der Waals surface area contributed by atoms with Crippen molar-refractivity contribution in [3.8, 4) is 0 Å². The van der Waals surface area contributed by atoms with Crippen LogP contribution in [-0.2, 0) is 9.59 Å². The van der Waals surface area contributed by atoms with Crippen molar-refractivity contribution < 1.29 is 9.59 Å². The highest BCUT2D eigenvalue weighted by Gasteiger charge is 2.37. The first-order valence-electron chi connectivity index (χ1n) is 7.62. The molecule has 6 heteroatoms. The molecule has 0 bridgehead atoms. The number of benzene rings is 1. The molecule has 22 heavy (non-hydrogen) atoms. The summed E-state index contributed by atoms with van der Waals surface area (Å²) in [7, 11) is 0. The van der Waals surface area contributed by atoms with Gasteiger partial charge in [-0.05, 0) is 43.4 Å². The van der Waals surface area contributed by atoms with Gasteiger partial charge in [0.25, 0.3) is 0 Å². The minimum atomic E-state index is -0.278. The minimum absolute atomic E-state index is 0.0884. The van der Waals surface area contributed by atoms with E-state index in [1.807, 2.05) is 24.0 Å². The zero-order valence-electron chi connectivity index (χ0n) is 12.6. The zero-order chi connectivity index (χ0) is 15.7. The Morgan fingerprint density at radius 3 is 2.86 bits per heavy atom. The van der Waals surface area contributed by atoms with Crippen LogP contribution in [0.15, 0.2) is 18.2 Å². The Labute approximate surface area is 135 Å². The van der Waals surface area contributed by atoms with E-state index in [0.717, 1.165) is 17.8 Å². The Balaban J connectivity index is 1.51. The third-order valence-electron chi connectivity index (χ3n) is 4.26. The number of carbonyl (C=O) groups excluding carboxylic acids is 2. The highest BCUT2D eigenvalue weighted by atomic mass is 35.5. The van der Waals surface area contributed by atoms with Crippen LogP contribution in [0.5, 0.6) is 0 Å². The summed E-state index contributed by atoms with van der Waals surface area (Å²) in [6.45, 7) is 3.25. The second-order valence-corrected chi connectivity index (χ2v) is 6.63. The lowest BCUT2D eigenvalue weighted by atomic mass is 10.1. The van der Waals surface area contributed by atoms with Crippen molar-refractivity contribution in [2.75, 3.05) is 18.5 Å². The van der Waals surface area contributed by atoms with Crippen LogP contribution in [0.1, 0.15) is 24.8 Å². The van der Waals surface area contributed by atoms with Crippen molar-refractivity contribution in [3.63, 3.8) is 0 Å². The quantitative estimate of drug-likeness (QED) is 0.818. The summed E-state index contributed by atoms with van der Waals surface area (Å²) in [5, 5.41) is 0.644. The first kappa shape index (κ1) is 15.2. The maximum Gasteiger partial charge on any atom is 0.243 e. The molecule has 1 aliphatic heterocycles. The van der Waals surface area contributed by atoms with Gasteiger partial charge in [0.2, 0.25) is 11.8 Å². The molecular formula is C16H20ClN3O2. The van der Waals surface area contributed by atoms with E-state index < -0.39 is 0 Å². The molecule has 1 saturated carbocycles. The fourth-order valence-electron chi connectivity index (χ4n) is 2.64. The molecule has 5 nitrogen and oxygen atoms in total. The lowest BCUT2D eigenvalue weighted by Gasteiger charge is -2.16. The van der Waals surface area contributed by atoms with Crippen molar-refractivity contribution in [1.29, 1.82) is 0 Å². The Morgan fingerprint density at radius 2 is 2.18 bits per heavy atom. The van der Waals surface area contributed by atoms with Gasteiger partial charge in [0.15, 0.2) is 0 Å². The van der Waals surface area contributed by atoms with Gasteiger partial charge < -0.3 is 4.90 Å². The molecule has 2 amide bonds. The molecule has 0 unspecified atom stereocenters. The van der Waals surface area contributed by atoms with Gasteiger partial charge in [0.1, 0.15) is 0 Å². The normalized spacial score (nSPS) is 21.1. The van der Waals surface area contributed by atoms with Gasteiger partial charge in [-0.1, -0.05) is 17.7 Å². The predicted molar refractivity (Wildman–Crippen MR) is 85.4 cm³/mol. The lowest BCUT2D eigenvalue weighted by molar-refractivity contribution is -0.129. The predicted octanol–water partition coefficient (Wildman–Crippen LogP) is 2.35. The van der Waals surface area contributed by atoms with E-state index in [1.54, 1.807) is 6.07 Å². The summed E-state index contributed by atoms with van der Waals surface area (Å²) >= 11 is 6.04. The van der Waals surface area contributed by atoms with Crippen molar-refractivity contribution in [3.05, 3.63) is 28.8 Å². The van der Waals surface area contributed by atoms with Crippen molar-refractivity contribution in [1.82, 2.24) is 10.3 Å². The van der Waals surface area contributed by atoms with E-state index in [4.69, 9.17) is 11.6 Å². The molecule has 1 heterocycles. The van der Waals surface area contributed by atoms with Crippen LogP contribution in [0.3, 0.4) is 0 Å². The van der Waals surface area contributed by atoms with Crippen LogP contribution in [0.2, 0.25) is 5.02 Å². The van der Waals surface area contributed by atoms with Crippen molar-refractivity contribution in [2.45, 2.75) is 26.2 Å². The number of rotatable bonds is 5. The topological polar surface area (TPSA) is 61.4 Å². The molecule has 0 radical (unpaired) electrons. The van der Waals surface area contributed by atoms with Gasteiger partial charge in [-0.2, -0.15) is 0 Å². The third kappa shape index (κ3) is 3.53. The molecule has 2 fully saturated rings. The molecule has 2 aliphatic rings. The Kier molecular flexibility index (Phi) is 4.25. The van der Waals surface area contributed by atoms with E-state index in [9.17, 15) is 9.59 Å². The van der Waals surface area contributed by atoms with Crippen LogP contribution in [0, 0.1) is 18.8 Å². The van der Waals surface area contributed by atoms with Crippen molar-refractivity contribution >= 4 is 29.1 Å². The largest absolute Gasteiger partial charge is 0.342 e. The van der Waals surface area contributed by atoms with E-state index >= 15 is 0 Å². The van der Waals surface area contributed by atoms with Crippen LogP contribution >= 0.6 is 11.6 Å². The zero-order valence-corrected chi connectivity index (χ0v) is 13.3. The average molecular weight is 322 g/mol. The van der Waals surface area contributed by atoms with Crippen molar-refractivity contribution in [2.24, 2.45) is 11.8 Å². The molecule has 0 spiro atoms. The number of hydrazine groups is 1. The number of aryl methyl sites for hydroxylation is 1. The number of amides is 2. The molecule has 0 aromatic heterocycles. The number of carbonyl (C=O) groups is 2. The Morgan fingerprint density at radius 1 is 1.41 bits per heavy atom. The monoisotopic (exact) mass is 321 g/mol. The van der Waals surface area contributed by atoms with Crippen LogP contribution in [0.25, 0.3) is 0 Å². The van der Waals surface area contributed by atoms with Gasteiger partial charge in [0.05, 0.1) is 11.6 Å². The van der Waals surface area contributed by atoms with E-state index in [2.05, 4.69) is 10.9 Å². The highest BCUT2D eigenvalue weighted by Crippen LogP contribution is 2.32. The molecule has 3 rings (SSSR count). The molecule has 118 valence electrons. The number of hydrogen-bond acceptors (Lipinski definition) is 3. The molecule has 1 aromatic carbocycles. The number of likely N-dealkylation sites (tertiary alicyclic amines) is 1. The maximum atomic E-state index is 12.2. The first-order chi connectivity index (χ1) is 10.5. The molecular weight excluding hydrogens is 302 g/mol. The summed E-state index contributed by atoms with van der Waals surface area (Å²) in [6.07, 6.45) is 2.71. The van der Waals surface area contributed by atoms with Gasteiger partial charge in [-0.25, -0.2) is 0 Å². The van der Waals surface area contributed by atoms with Crippen LogP contribution in [0.4, 0.5) is 5.69 Å². The molecule has 1 saturated heterocycles. The number of nitrogens with one attached hydrogen (secondary N) is 2. The average Bonchev–Trinajstić information content (AvgIpc) is 3.23. The van der Waals surface area contributed by atoms with Crippen LogP contribution < -0.4 is 10.9 Å². The van der Waals surface area contributed by atoms with Crippen LogP contribution in [-0.4, -0.2) is 29.8 Å². The Bertz CT molecular complexity index is 601. The summed E-state index contributed by atoms with van der Waals surface area (Å²) in [5.74, 6) is 0.312. The van der Waals surface area contributed by atoms with Gasteiger partial charge in [0, 0.05) is 24.5 Å². The smallest absolute Gasteiger partial charge is 0.243 e. The number of hydrogen-bond donors (Lipinski definition) is 2. The SMILES string of the molecule is Cc1ccc(NNC(=O)[C@H]2CC(=O)N(CC3CC3)C2)cc1Cl. The molecule has 2 N–H and O–H groups in total. The number of nitrogens with zero attached hydrogens (tertiary/aromatic N) is 1.